The van der Waals surface area contributed by atoms with Crippen LogP contribution in [0.25, 0.3) is 0 Å². The van der Waals surface area contributed by atoms with E-state index >= 15 is 0 Å². The Morgan fingerprint density at radius 2 is 1.05 bits per heavy atom. The van der Waals surface area contributed by atoms with Crippen molar-refractivity contribution < 1.29 is 32.4 Å². The number of benzene rings is 3. The molecule has 0 aliphatic heterocycles. The summed E-state index contributed by atoms with van der Waals surface area (Å²) in [6.45, 7) is 0. The molecule has 3 aromatic carbocycles. The van der Waals surface area contributed by atoms with Crippen molar-refractivity contribution >= 4 is 7.32 Å². The van der Waals surface area contributed by atoms with Crippen molar-refractivity contribution in [3.63, 3.8) is 0 Å². The smallest absolute Gasteiger partial charge is 0.123 e. The van der Waals surface area contributed by atoms with Crippen LogP contribution in [0.15, 0.2) is 72.8 Å². The summed E-state index contributed by atoms with van der Waals surface area (Å²) in [5, 5.41) is 24.2. The Morgan fingerprint density at radius 1 is 0.658 bits per heavy atom. The van der Waals surface area contributed by atoms with Crippen molar-refractivity contribution in [3.8, 4) is 0 Å². The average molecular weight is 526 g/mol. The number of hydrogen-bond donors (Lipinski definition) is 0. The van der Waals surface area contributed by atoms with E-state index < -0.39 is 35.8 Å². The Bertz CT molecular complexity index is 1150. The highest BCUT2D eigenvalue weighted by Crippen LogP contribution is 2.56. The van der Waals surface area contributed by atoms with E-state index in [1.807, 2.05) is 0 Å². The largest absolute Gasteiger partial charge is 0.871 e. The van der Waals surface area contributed by atoms with Crippen LogP contribution in [0.4, 0.5) is 13.2 Å². The zero-order chi connectivity index (χ0) is 28.0. The summed E-state index contributed by atoms with van der Waals surface area (Å²) in [6.07, 6.45) is 3.51. The van der Waals surface area contributed by atoms with Crippen LogP contribution in [0, 0.1) is 17.5 Å². The Hall–Kier alpha value is -2.65. The van der Waals surface area contributed by atoms with Crippen molar-refractivity contribution in [1.82, 2.24) is 0 Å². The zero-order valence-electron chi connectivity index (χ0n) is 22.6. The molecule has 0 spiro atoms. The molecule has 1 saturated carbocycles. The van der Waals surface area contributed by atoms with Gasteiger partial charge in [0.25, 0.3) is 0 Å². The van der Waals surface area contributed by atoms with Gasteiger partial charge in [-0.1, -0.05) is 62.1 Å². The van der Waals surface area contributed by atoms with E-state index in [0.29, 0.717) is 36.0 Å². The van der Waals surface area contributed by atoms with Crippen LogP contribution in [0.2, 0.25) is 0 Å². The standard InChI is InChI=1S/C26H24BF3O3.C4H12N/c28-22-11-5-8-19(16-22)25(20-9-6-12-23(29)17-20)14-3-1-2-4-15-26(25,33-27(31)32)21-10-7-13-24(30)18-21;1-5(2,3)4/h5-13,16-18H,1-4,14-15H2;1-4H3/q-2;+1. The first-order valence-electron chi connectivity index (χ1n) is 12.9. The van der Waals surface area contributed by atoms with E-state index in [0.717, 1.165) is 17.3 Å². The van der Waals surface area contributed by atoms with Crippen LogP contribution in [-0.4, -0.2) is 40.0 Å². The third kappa shape index (κ3) is 7.05. The molecule has 0 saturated heterocycles. The van der Waals surface area contributed by atoms with Gasteiger partial charge in [-0.05, 0) is 65.9 Å². The molecule has 0 heterocycles. The predicted molar refractivity (Wildman–Crippen MR) is 140 cm³/mol. The molecular formula is C30H36BF3NO3-. The molecule has 1 unspecified atom stereocenters. The Balaban J connectivity index is 0.000000732. The van der Waals surface area contributed by atoms with Crippen LogP contribution in [0.3, 0.4) is 0 Å². The van der Waals surface area contributed by atoms with E-state index in [9.17, 15) is 23.2 Å². The lowest BCUT2D eigenvalue weighted by molar-refractivity contribution is -0.849. The fourth-order valence-corrected chi connectivity index (χ4v) is 5.48. The molecule has 8 heteroatoms. The molecule has 0 aromatic heterocycles. The van der Waals surface area contributed by atoms with Crippen molar-refractivity contribution in [2.45, 2.75) is 49.5 Å². The van der Waals surface area contributed by atoms with Gasteiger partial charge in [-0.15, -0.1) is 0 Å². The van der Waals surface area contributed by atoms with Gasteiger partial charge in [-0.3, -0.25) is 0 Å². The van der Waals surface area contributed by atoms with Gasteiger partial charge >= 0.3 is 0 Å². The second kappa shape index (κ2) is 12.5. The zero-order valence-corrected chi connectivity index (χ0v) is 22.6. The molecule has 1 aliphatic carbocycles. The van der Waals surface area contributed by atoms with Gasteiger partial charge in [0.05, 0.1) is 46.5 Å². The molecule has 1 aliphatic rings. The fraction of sp³-hybridized carbons (Fsp3) is 0.400. The Kier molecular flexibility index (Phi) is 9.82. The topological polar surface area (TPSA) is 55.3 Å². The summed E-state index contributed by atoms with van der Waals surface area (Å²) >= 11 is 0. The number of halogens is 3. The van der Waals surface area contributed by atoms with Gasteiger partial charge in [0.1, 0.15) is 17.5 Å². The first-order chi connectivity index (χ1) is 17.9. The summed E-state index contributed by atoms with van der Waals surface area (Å²) in [5.41, 5.74) is -1.75. The molecule has 1 fully saturated rings. The molecule has 4 rings (SSSR count). The van der Waals surface area contributed by atoms with Gasteiger partial charge in [-0.2, -0.15) is 0 Å². The Labute approximate surface area is 224 Å². The van der Waals surface area contributed by atoms with Crippen LogP contribution < -0.4 is 10.0 Å². The van der Waals surface area contributed by atoms with Crippen LogP contribution in [0.1, 0.15) is 55.2 Å². The second-order valence-corrected chi connectivity index (χ2v) is 11.3. The molecule has 3 aromatic rings. The van der Waals surface area contributed by atoms with Crippen LogP contribution in [0.5, 0.6) is 0 Å². The van der Waals surface area contributed by atoms with Gasteiger partial charge in [0.2, 0.25) is 0 Å². The van der Waals surface area contributed by atoms with Gasteiger partial charge in [0, 0.05) is 0 Å². The molecular weight excluding hydrogens is 490 g/mol. The summed E-state index contributed by atoms with van der Waals surface area (Å²) in [7, 11) is 5.81. The lowest BCUT2D eigenvalue weighted by Gasteiger charge is -2.57. The minimum absolute atomic E-state index is 0.213. The maximum Gasteiger partial charge on any atom is 0.123 e. The maximum atomic E-state index is 14.6. The van der Waals surface area contributed by atoms with Crippen LogP contribution >= 0.6 is 0 Å². The van der Waals surface area contributed by atoms with Gasteiger partial charge < -0.3 is 19.2 Å². The van der Waals surface area contributed by atoms with E-state index in [1.54, 1.807) is 18.2 Å². The average Bonchev–Trinajstić information content (AvgIpc) is 2.80. The van der Waals surface area contributed by atoms with Crippen LogP contribution in [-0.2, 0) is 15.7 Å². The third-order valence-electron chi connectivity index (χ3n) is 6.74. The van der Waals surface area contributed by atoms with Crippen molar-refractivity contribution in [1.29, 1.82) is 0 Å². The summed E-state index contributed by atoms with van der Waals surface area (Å²) < 4.78 is 50.3. The highest BCUT2D eigenvalue weighted by Gasteiger charge is 2.54. The number of rotatable bonds is 5. The van der Waals surface area contributed by atoms with E-state index in [1.165, 1.54) is 54.6 Å². The molecule has 0 bridgehead atoms. The maximum absolute atomic E-state index is 14.6. The highest BCUT2D eigenvalue weighted by molar-refractivity contribution is 6.28. The minimum Gasteiger partial charge on any atom is -0.871 e. The number of quaternary nitrogens is 1. The first-order valence-corrected chi connectivity index (χ1v) is 12.9. The third-order valence-corrected chi connectivity index (χ3v) is 6.74. The highest BCUT2D eigenvalue weighted by atomic mass is 19.1. The summed E-state index contributed by atoms with van der Waals surface area (Å²) in [4.78, 5) is 0. The SMILES string of the molecule is C[N+](C)(C)C.[O-]B([O-])OC1(c2cccc(F)c2)CCCCCCC1(c1cccc(F)c1)c1cccc(F)c1. The molecule has 4 nitrogen and oxygen atoms in total. The predicted octanol–water partition coefficient (Wildman–Crippen LogP) is 4.68. The first kappa shape index (κ1) is 29.9. The van der Waals surface area contributed by atoms with E-state index in [-0.39, 0.29) is 6.42 Å². The fourth-order valence-electron chi connectivity index (χ4n) is 5.48. The molecule has 204 valence electrons. The monoisotopic (exact) mass is 526 g/mol. The number of nitrogens with zero attached hydrogens (tertiary/aromatic N) is 1. The van der Waals surface area contributed by atoms with E-state index in [2.05, 4.69) is 28.2 Å². The molecule has 0 radical (unpaired) electrons. The van der Waals surface area contributed by atoms with Crippen molar-refractivity contribution in [3.05, 3.63) is 107 Å². The molecule has 1 atom stereocenters. The normalized spacial score (nSPS) is 19.5. The number of hydrogen-bond acceptors (Lipinski definition) is 3. The lowest BCUT2D eigenvalue weighted by Crippen LogP contribution is -2.61. The quantitative estimate of drug-likeness (QED) is 0.358. The summed E-state index contributed by atoms with van der Waals surface area (Å²) in [6, 6.07) is 17.3. The van der Waals surface area contributed by atoms with Crippen molar-refractivity contribution in [2.75, 3.05) is 28.2 Å². The van der Waals surface area contributed by atoms with Gasteiger partial charge in [-0.25, -0.2) is 13.2 Å². The lowest BCUT2D eigenvalue weighted by atomic mass is 9.55. The minimum atomic E-state index is -2.69. The molecule has 38 heavy (non-hydrogen) atoms. The summed E-state index contributed by atoms with van der Waals surface area (Å²) in [5.74, 6) is -1.59. The molecule has 0 N–H and O–H groups in total. The molecule has 0 amide bonds. The Morgan fingerprint density at radius 3 is 1.47 bits per heavy atom. The second-order valence-electron chi connectivity index (χ2n) is 11.3. The van der Waals surface area contributed by atoms with E-state index in [4.69, 9.17) is 4.65 Å². The van der Waals surface area contributed by atoms with Crippen molar-refractivity contribution in [2.24, 2.45) is 0 Å². The van der Waals surface area contributed by atoms with Gasteiger partial charge in [0.15, 0.2) is 0 Å².